The summed E-state index contributed by atoms with van der Waals surface area (Å²) in [5.41, 5.74) is 0.732. The van der Waals surface area contributed by atoms with E-state index in [0.29, 0.717) is 22.8 Å². The van der Waals surface area contributed by atoms with Gasteiger partial charge in [-0.25, -0.2) is 4.79 Å². The lowest BCUT2D eigenvalue weighted by atomic mass is 10.2. The molecule has 8 nitrogen and oxygen atoms in total. The number of amides is 1. The zero-order chi connectivity index (χ0) is 18.9. The van der Waals surface area contributed by atoms with Gasteiger partial charge in [-0.1, -0.05) is 0 Å². The van der Waals surface area contributed by atoms with E-state index < -0.39 is 5.97 Å². The maximum atomic E-state index is 12.2. The van der Waals surface area contributed by atoms with E-state index in [-0.39, 0.29) is 24.6 Å². The normalized spacial score (nSPS) is 9.96. The number of nitrogens with zero attached hydrogens (tertiary/aromatic N) is 1. The molecule has 2 rings (SSSR count). The molecular formula is C18H20N2O6. The van der Waals surface area contributed by atoms with Crippen LogP contribution in [0.2, 0.25) is 0 Å². The van der Waals surface area contributed by atoms with E-state index in [0.717, 1.165) is 0 Å². The lowest BCUT2D eigenvalue weighted by Crippen LogP contribution is -2.28. The average molecular weight is 360 g/mol. The highest BCUT2D eigenvalue weighted by Crippen LogP contribution is 2.38. The van der Waals surface area contributed by atoms with Crippen LogP contribution in [0, 0.1) is 0 Å². The summed E-state index contributed by atoms with van der Waals surface area (Å²) in [5.74, 6) is 0.254. The number of carbonyl (C=O) groups excluding carboxylic acids is 2. The molecule has 0 fully saturated rings. The molecule has 0 atom stereocenters. The van der Waals surface area contributed by atoms with E-state index in [9.17, 15) is 9.59 Å². The Hall–Kier alpha value is -3.29. The number of hydrogen-bond acceptors (Lipinski definition) is 7. The fourth-order valence-electron chi connectivity index (χ4n) is 2.20. The van der Waals surface area contributed by atoms with Crippen molar-refractivity contribution in [2.75, 3.05) is 34.5 Å². The quantitative estimate of drug-likeness (QED) is 0.565. The molecule has 26 heavy (non-hydrogen) atoms. The minimum absolute atomic E-state index is 0.0202. The third-order valence-electron chi connectivity index (χ3n) is 3.46. The third-order valence-corrected chi connectivity index (χ3v) is 3.46. The number of carbonyl (C=O) groups is 2. The molecule has 0 aliphatic rings. The van der Waals surface area contributed by atoms with E-state index >= 15 is 0 Å². The summed E-state index contributed by atoms with van der Waals surface area (Å²) < 4.78 is 20.8. The molecule has 1 N–H and O–H groups in total. The number of esters is 1. The molecule has 138 valence electrons. The largest absolute Gasteiger partial charge is 0.493 e. The predicted octanol–water partition coefficient (Wildman–Crippen LogP) is 1.69. The topological polar surface area (TPSA) is 96.0 Å². The fraction of sp³-hybridized carbons (Fsp3) is 0.278. The van der Waals surface area contributed by atoms with Crippen molar-refractivity contribution < 1.29 is 28.5 Å². The van der Waals surface area contributed by atoms with Gasteiger partial charge in [-0.15, -0.1) is 0 Å². The summed E-state index contributed by atoms with van der Waals surface area (Å²) in [5, 5.41) is 2.66. The molecule has 0 aliphatic heterocycles. The van der Waals surface area contributed by atoms with Gasteiger partial charge in [0.2, 0.25) is 5.75 Å². The number of pyridine rings is 1. The molecule has 2 aromatic rings. The van der Waals surface area contributed by atoms with Crippen molar-refractivity contribution in [2.45, 2.75) is 0 Å². The highest BCUT2D eigenvalue weighted by molar-refractivity contribution is 5.94. The van der Waals surface area contributed by atoms with Crippen LogP contribution in [0.3, 0.4) is 0 Å². The van der Waals surface area contributed by atoms with Crippen molar-refractivity contribution in [3.8, 4) is 17.2 Å². The van der Waals surface area contributed by atoms with Crippen LogP contribution in [-0.4, -0.2) is 51.3 Å². The number of ether oxygens (including phenoxy) is 4. The summed E-state index contributed by atoms with van der Waals surface area (Å²) in [6, 6.07) is 6.19. The Bertz CT molecular complexity index is 739. The number of aromatic nitrogens is 1. The van der Waals surface area contributed by atoms with Gasteiger partial charge in [-0.05, 0) is 24.3 Å². The minimum Gasteiger partial charge on any atom is -0.493 e. The molecular weight excluding hydrogens is 340 g/mol. The Morgan fingerprint density at radius 3 is 2.12 bits per heavy atom. The number of methoxy groups -OCH3 is 3. The maximum Gasteiger partial charge on any atom is 0.338 e. The number of nitrogens with one attached hydrogen (secondary N) is 1. The first-order valence-electron chi connectivity index (χ1n) is 7.76. The highest BCUT2D eigenvalue weighted by Gasteiger charge is 2.17. The Morgan fingerprint density at radius 2 is 1.58 bits per heavy atom. The molecule has 1 aromatic heterocycles. The molecule has 0 bridgehead atoms. The Kier molecular flexibility index (Phi) is 6.78. The SMILES string of the molecule is COc1cc(C(=O)OCCNC(=O)c2ccncc2)cc(OC)c1OC. The zero-order valence-corrected chi connectivity index (χ0v) is 14.8. The number of hydrogen-bond donors (Lipinski definition) is 1. The second-order valence-corrected chi connectivity index (χ2v) is 5.04. The average Bonchev–Trinajstić information content (AvgIpc) is 2.70. The van der Waals surface area contributed by atoms with Crippen LogP contribution in [-0.2, 0) is 4.74 Å². The monoisotopic (exact) mass is 360 g/mol. The fourth-order valence-corrected chi connectivity index (χ4v) is 2.20. The molecule has 1 heterocycles. The van der Waals surface area contributed by atoms with Gasteiger partial charge in [0.25, 0.3) is 5.91 Å². The molecule has 0 saturated heterocycles. The van der Waals surface area contributed by atoms with Gasteiger partial charge in [0.05, 0.1) is 33.4 Å². The van der Waals surface area contributed by atoms with Gasteiger partial charge in [0.1, 0.15) is 6.61 Å². The molecule has 1 aromatic carbocycles. The Labute approximate surface area is 151 Å². The lowest BCUT2D eigenvalue weighted by molar-refractivity contribution is 0.0502. The van der Waals surface area contributed by atoms with Crippen molar-refractivity contribution in [3.63, 3.8) is 0 Å². The van der Waals surface area contributed by atoms with Crippen LogP contribution < -0.4 is 19.5 Å². The molecule has 1 amide bonds. The van der Waals surface area contributed by atoms with Crippen LogP contribution in [0.25, 0.3) is 0 Å². The summed E-state index contributed by atoms with van der Waals surface area (Å²) in [6.07, 6.45) is 3.05. The van der Waals surface area contributed by atoms with Crippen molar-refractivity contribution >= 4 is 11.9 Å². The maximum absolute atomic E-state index is 12.2. The summed E-state index contributed by atoms with van der Waals surface area (Å²) in [4.78, 5) is 27.9. The molecule has 0 aliphatic carbocycles. The number of benzene rings is 1. The van der Waals surface area contributed by atoms with Crippen LogP contribution in [0.15, 0.2) is 36.7 Å². The van der Waals surface area contributed by atoms with Crippen molar-refractivity contribution in [1.29, 1.82) is 0 Å². The molecule has 0 spiro atoms. The summed E-state index contributed by atoms with van der Waals surface area (Å²) in [7, 11) is 4.39. The van der Waals surface area contributed by atoms with E-state index in [2.05, 4.69) is 10.3 Å². The Balaban J connectivity index is 1.92. The highest BCUT2D eigenvalue weighted by atomic mass is 16.5. The first-order chi connectivity index (χ1) is 12.6. The van der Waals surface area contributed by atoms with Crippen molar-refractivity contribution in [2.24, 2.45) is 0 Å². The van der Waals surface area contributed by atoms with E-state index in [1.807, 2.05) is 0 Å². The lowest BCUT2D eigenvalue weighted by Gasteiger charge is -2.14. The first-order valence-corrected chi connectivity index (χ1v) is 7.76. The third kappa shape index (κ3) is 4.62. The summed E-state index contributed by atoms with van der Waals surface area (Å²) in [6.45, 7) is 0.198. The van der Waals surface area contributed by atoms with Gasteiger partial charge >= 0.3 is 5.97 Å². The van der Waals surface area contributed by atoms with Gasteiger partial charge in [-0.2, -0.15) is 0 Å². The van der Waals surface area contributed by atoms with E-state index in [1.54, 1.807) is 12.1 Å². The minimum atomic E-state index is -0.567. The van der Waals surface area contributed by atoms with Crippen LogP contribution in [0.1, 0.15) is 20.7 Å². The van der Waals surface area contributed by atoms with Crippen LogP contribution >= 0.6 is 0 Å². The van der Waals surface area contributed by atoms with Crippen molar-refractivity contribution in [3.05, 3.63) is 47.8 Å². The standard InChI is InChI=1S/C18H20N2O6/c1-23-14-10-13(11-15(24-2)16(14)25-3)18(22)26-9-8-20-17(21)12-4-6-19-7-5-12/h4-7,10-11H,8-9H2,1-3H3,(H,20,21). The van der Waals surface area contributed by atoms with Gasteiger partial charge in [-0.3, -0.25) is 9.78 Å². The molecule has 0 radical (unpaired) electrons. The second-order valence-electron chi connectivity index (χ2n) is 5.04. The van der Waals surface area contributed by atoms with Gasteiger partial charge < -0.3 is 24.3 Å². The smallest absolute Gasteiger partial charge is 0.338 e. The molecule has 0 unspecified atom stereocenters. The first kappa shape index (κ1) is 19.0. The predicted molar refractivity (Wildman–Crippen MR) is 93.0 cm³/mol. The van der Waals surface area contributed by atoms with Crippen LogP contribution in [0.4, 0.5) is 0 Å². The second kappa shape index (κ2) is 9.26. The van der Waals surface area contributed by atoms with Crippen LogP contribution in [0.5, 0.6) is 17.2 Å². The Morgan fingerprint density at radius 1 is 0.962 bits per heavy atom. The van der Waals surface area contributed by atoms with E-state index in [1.165, 1.54) is 45.9 Å². The summed E-state index contributed by atoms with van der Waals surface area (Å²) >= 11 is 0. The van der Waals surface area contributed by atoms with E-state index in [4.69, 9.17) is 18.9 Å². The van der Waals surface area contributed by atoms with Gasteiger partial charge in [0.15, 0.2) is 11.5 Å². The van der Waals surface area contributed by atoms with Gasteiger partial charge in [0, 0.05) is 18.0 Å². The van der Waals surface area contributed by atoms with Crippen molar-refractivity contribution in [1.82, 2.24) is 10.3 Å². The number of rotatable bonds is 8. The zero-order valence-electron chi connectivity index (χ0n) is 14.8. The molecule has 8 heteroatoms. The molecule has 0 saturated carbocycles.